The average Bonchev–Trinajstić information content (AvgIpc) is 3.57. The summed E-state index contributed by atoms with van der Waals surface area (Å²) < 4.78 is 2.09. The fourth-order valence-electron chi connectivity index (χ4n) is 4.73. The number of benzene rings is 2. The van der Waals surface area contributed by atoms with Gasteiger partial charge in [-0.2, -0.15) is 0 Å². The number of carbonyl (C=O) groups is 2. The molecule has 0 fully saturated rings. The van der Waals surface area contributed by atoms with Crippen molar-refractivity contribution in [3.05, 3.63) is 110 Å². The monoisotopic (exact) mass is 532 g/mol. The van der Waals surface area contributed by atoms with Crippen LogP contribution in [-0.2, 0) is 26.1 Å². The zero-order chi connectivity index (χ0) is 25.8. The van der Waals surface area contributed by atoms with Crippen LogP contribution < -0.4 is 0 Å². The smallest absolute Gasteiger partial charge is 0.273 e. The van der Waals surface area contributed by atoms with Gasteiger partial charge in [0.05, 0.1) is 23.7 Å². The first-order valence-corrected chi connectivity index (χ1v) is 13.8. The number of carbonyl (C=O) groups excluding carboxylic acids is 2. The van der Waals surface area contributed by atoms with Crippen LogP contribution in [0.25, 0.3) is 0 Å². The molecule has 0 saturated heterocycles. The van der Waals surface area contributed by atoms with E-state index in [9.17, 15) is 9.59 Å². The second kappa shape index (κ2) is 11.3. The molecule has 2 amide bonds. The van der Waals surface area contributed by atoms with Gasteiger partial charge in [-0.3, -0.25) is 9.59 Å². The third-order valence-electron chi connectivity index (χ3n) is 6.66. The summed E-state index contributed by atoms with van der Waals surface area (Å²) in [5.41, 5.74) is 4.53. The van der Waals surface area contributed by atoms with E-state index in [2.05, 4.69) is 28.6 Å². The first-order valence-electron chi connectivity index (χ1n) is 12.5. The predicted octanol–water partition coefficient (Wildman–Crippen LogP) is 5.90. The van der Waals surface area contributed by atoms with Crippen LogP contribution in [0, 0.1) is 0 Å². The summed E-state index contributed by atoms with van der Waals surface area (Å²) in [6.45, 7) is 5.02. The Kier molecular flexibility index (Phi) is 7.72. The van der Waals surface area contributed by atoms with Crippen LogP contribution in [0.3, 0.4) is 0 Å². The molecular formula is C29H29ClN4O2S. The quantitative estimate of drug-likeness (QED) is 0.284. The number of nitrogens with zero attached hydrogens (tertiary/aromatic N) is 4. The Morgan fingerprint density at radius 3 is 2.65 bits per heavy atom. The van der Waals surface area contributed by atoms with E-state index in [1.54, 1.807) is 12.1 Å². The van der Waals surface area contributed by atoms with Crippen molar-refractivity contribution in [2.24, 2.45) is 0 Å². The fourth-order valence-corrected chi connectivity index (χ4v) is 5.71. The van der Waals surface area contributed by atoms with Crippen LogP contribution in [0.2, 0.25) is 5.02 Å². The molecule has 0 N–H and O–H groups in total. The van der Waals surface area contributed by atoms with Crippen LogP contribution >= 0.6 is 22.9 Å². The molecule has 37 heavy (non-hydrogen) atoms. The van der Waals surface area contributed by atoms with Gasteiger partial charge >= 0.3 is 0 Å². The number of aromatic nitrogens is 2. The number of amides is 2. The topological polar surface area (TPSA) is 58.4 Å². The lowest BCUT2D eigenvalue weighted by Crippen LogP contribution is -2.36. The van der Waals surface area contributed by atoms with Gasteiger partial charge in [-0.1, -0.05) is 54.9 Å². The molecule has 5 rings (SSSR count). The van der Waals surface area contributed by atoms with E-state index in [-0.39, 0.29) is 11.8 Å². The number of rotatable bonds is 8. The average molecular weight is 533 g/mol. The second-order valence-corrected chi connectivity index (χ2v) is 10.6. The van der Waals surface area contributed by atoms with Crippen molar-refractivity contribution in [3.63, 3.8) is 0 Å². The van der Waals surface area contributed by atoms with Gasteiger partial charge in [0.2, 0.25) is 0 Å². The maximum Gasteiger partial charge on any atom is 0.273 e. The summed E-state index contributed by atoms with van der Waals surface area (Å²) in [5.74, 6) is -0.102. The lowest BCUT2D eigenvalue weighted by atomic mass is 10.00. The predicted molar refractivity (Wildman–Crippen MR) is 147 cm³/mol. The zero-order valence-corrected chi connectivity index (χ0v) is 22.3. The van der Waals surface area contributed by atoms with E-state index in [1.165, 1.54) is 22.5 Å². The van der Waals surface area contributed by atoms with E-state index < -0.39 is 0 Å². The Hall–Kier alpha value is -3.42. The molecule has 3 heterocycles. The Morgan fingerprint density at radius 1 is 1.05 bits per heavy atom. The van der Waals surface area contributed by atoms with E-state index in [1.807, 2.05) is 57.8 Å². The third-order valence-corrected chi connectivity index (χ3v) is 7.82. The summed E-state index contributed by atoms with van der Waals surface area (Å²) >= 11 is 7.79. The van der Waals surface area contributed by atoms with Crippen molar-refractivity contribution in [2.75, 3.05) is 13.1 Å². The first kappa shape index (κ1) is 25.2. The number of hydrogen-bond donors (Lipinski definition) is 0. The largest absolute Gasteiger partial charge is 0.343 e. The van der Waals surface area contributed by atoms with Crippen molar-refractivity contribution in [3.8, 4) is 0 Å². The van der Waals surface area contributed by atoms with Crippen molar-refractivity contribution in [1.29, 1.82) is 0 Å². The Morgan fingerprint density at radius 2 is 1.84 bits per heavy atom. The zero-order valence-electron chi connectivity index (χ0n) is 20.8. The van der Waals surface area contributed by atoms with Gasteiger partial charge < -0.3 is 14.4 Å². The van der Waals surface area contributed by atoms with Gasteiger partial charge in [-0.05, 0) is 48.2 Å². The Labute approximate surface area is 226 Å². The Balaban J connectivity index is 1.27. The molecule has 1 aliphatic heterocycles. The highest BCUT2D eigenvalue weighted by molar-refractivity contribution is 7.09. The SMILES string of the molecule is CCCN(Cc1cccn1Cc1nc(C(=O)N2CCc3ccccc3C2)cs1)C(=O)c1ccccc1Cl. The van der Waals surface area contributed by atoms with E-state index in [0.29, 0.717) is 49.0 Å². The van der Waals surface area contributed by atoms with Crippen molar-refractivity contribution in [1.82, 2.24) is 19.4 Å². The molecule has 2 aromatic carbocycles. The van der Waals surface area contributed by atoms with Crippen LogP contribution in [0.4, 0.5) is 0 Å². The van der Waals surface area contributed by atoms with Crippen molar-refractivity contribution in [2.45, 2.75) is 39.4 Å². The molecule has 0 saturated carbocycles. The molecule has 0 unspecified atom stereocenters. The van der Waals surface area contributed by atoms with Crippen molar-refractivity contribution >= 4 is 34.8 Å². The first-order chi connectivity index (χ1) is 18.0. The summed E-state index contributed by atoms with van der Waals surface area (Å²) in [4.78, 5) is 34.8. The minimum Gasteiger partial charge on any atom is -0.343 e. The lowest BCUT2D eigenvalue weighted by Gasteiger charge is -2.28. The fraction of sp³-hybridized carbons (Fsp3) is 0.276. The number of hydrogen-bond acceptors (Lipinski definition) is 4. The number of halogens is 1. The molecule has 1 aliphatic rings. The highest BCUT2D eigenvalue weighted by atomic mass is 35.5. The van der Waals surface area contributed by atoms with E-state index >= 15 is 0 Å². The molecule has 4 aromatic rings. The summed E-state index contributed by atoms with van der Waals surface area (Å²) in [6, 6.07) is 19.5. The highest BCUT2D eigenvalue weighted by Gasteiger charge is 2.24. The maximum absolute atomic E-state index is 13.2. The highest BCUT2D eigenvalue weighted by Crippen LogP contribution is 2.23. The molecule has 6 nitrogen and oxygen atoms in total. The van der Waals surface area contributed by atoms with Gasteiger partial charge in [0.1, 0.15) is 10.7 Å². The van der Waals surface area contributed by atoms with Gasteiger partial charge in [0.25, 0.3) is 11.8 Å². The molecule has 0 bridgehead atoms. The van der Waals surface area contributed by atoms with Crippen LogP contribution in [0.15, 0.2) is 72.2 Å². The molecule has 0 radical (unpaired) electrons. The van der Waals surface area contributed by atoms with Crippen LogP contribution in [0.1, 0.15) is 56.0 Å². The van der Waals surface area contributed by atoms with Crippen LogP contribution in [-0.4, -0.2) is 44.3 Å². The Bertz CT molecular complexity index is 1410. The molecular weight excluding hydrogens is 504 g/mol. The molecule has 0 atom stereocenters. The molecule has 190 valence electrons. The number of fused-ring (bicyclic) bond motifs is 1. The second-order valence-electron chi connectivity index (χ2n) is 9.21. The van der Waals surface area contributed by atoms with E-state index in [4.69, 9.17) is 11.6 Å². The van der Waals surface area contributed by atoms with Crippen molar-refractivity contribution < 1.29 is 9.59 Å². The minimum atomic E-state index is -0.0783. The van der Waals surface area contributed by atoms with Gasteiger partial charge in [0.15, 0.2) is 0 Å². The summed E-state index contributed by atoms with van der Waals surface area (Å²) in [7, 11) is 0. The van der Waals surface area contributed by atoms with E-state index in [0.717, 1.165) is 23.5 Å². The van der Waals surface area contributed by atoms with Gasteiger partial charge in [-0.15, -0.1) is 11.3 Å². The molecule has 2 aromatic heterocycles. The van der Waals surface area contributed by atoms with Gasteiger partial charge in [0, 0.05) is 36.9 Å². The third kappa shape index (κ3) is 5.63. The molecule has 0 spiro atoms. The normalized spacial score (nSPS) is 12.9. The number of thiazole rings is 1. The lowest BCUT2D eigenvalue weighted by molar-refractivity contribution is 0.0725. The minimum absolute atomic E-state index is 0.0239. The molecule has 0 aliphatic carbocycles. The maximum atomic E-state index is 13.2. The summed E-state index contributed by atoms with van der Waals surface area (Å²) in [5, 5.41) is 3.17. The standard InChI is InChI=1S/C29H29ClN4O2S/c1-2-14-33(28(35)24-11-5-6-12-25(24)30)18-23-10-7-15-32(23)19-27-31-26(20-37-27)29(36)34-16-13-21-8-3-4-9-22(21)17-34/h3-12,15,20H,2,13-14,16-19H2,1H3. The van der Waals surface area contributed by atoms with Gasteiger partial charge in [-0.25, -0.2) is 4.98 Å². The van der Waals surface area contributed by atoms with Crippen LogP contribution in [0.5, 0.6) is 0 Å². The molecule has 8 heteroatoms. The summed E-state index contributed by atoms with van der Waals surface area (Å²) in [6.07, 6.45) is 3.70.